The minimum Gasteiger partial charge on any atom is -0.479 e. The summed E-state index contributed by atoms with van der Waals surface area (Å²) in [6.07, 6.45) is 5.63. The van der Waals surface area contributed by atoms with Crippen molar-refractivity contribution in [3.63, 3.8) is 0 Å². The number of rotatable bonds is 4. The van der Waals surface area contributed by atoms with Crippen molar-refractivity contribution in [1.29, 1.82) is 0 Å². The monoisotopic (exact) mass is 269 g/mol. The van der Waals surface area contributed by atoms with Crippen molar-refractivity contribution in [1.82, 2.24) is 5.32 Å². The number of carbonyl (C=O) groups excluding carboxylic acids is 1. The van der Waals surface area contributed by atoms with Crippen LogP contribution in [0.25, 0.3) is 0 Å². The van der Waals surface area contributed by atoms with Crippen molar-refractivity contribution in [2.24, 2.45) is 5.92 Å². The van der Waals surface area contributed by atoms with Gasteiger partial charge >= 0.3 is 5.97 Å². The number of nitrogens with one attached hydrogen (secondary N) is 1. The minimum atomic E-state index is -0.976. The van der Waals surface area contributed by atoms with Gasteiger partial charge in [-0.25, -0.2) is 4.79 Å². The van der Waals surface area contributed by atoms with Gasteiger partial charge in [0.2, 0.25) is 5.91 Å². The summed E-state index contributed by atoms with van der Waals surface area (Å²) < 4.78 is 5.26. The SMILES string of the molecule is CC(NC(=O)[C@@H]1CC[C@H](C(=O)O)O1)C1CCCCC1. The molecule has 1 saturated carbocycles. The number of carboxylic acids is 1. The molecule has 5 heteroatoms. The van der Waals surface area contributed by atoms with E-state index in [1.54, 1.807) is 0 Å². The van der Waals surface area contributed by atoms with E-state index in [2.05, 4.69) is 5.32 Å². The summed E-state index contributed by atoms with van der Waals surface area (Å²) in [6.45, 7) is 2.04. The first-order valence-electron chi connectivity index (χ1n) is 7.26. The van der Waals surface area contributed by atoms with Crippen LogP contribution in [0.2, 0.25) is 0 Å². The maximum atomic E-state index is 12.0. The molecule has 1 saturated heterocycles. The van der Waals surface area contributed by atoms with Crippen LogP contribution in [0.4, 0.5) is 0 Å². The first kappa shape index (κ1) is 14.3. The van der Waals surface area contributed by atoms with Crippen LogP contribution in [0.15, 0.2) is 0 Å². The molecule has 1 aliphatic heterocycles. The van der Waals surface area contributed by atoms with Crippen LogP contribution in [0, 0.1) is 5.92 Å². The summed E-state index contributed by atoms with van der Waals surface area (Å²) >= 11 is 0. The molecule has 2 aliphatic rings. The summed E-state index contributed by atoms with van der Waals surface area (Å²) in [6, 6.07) is 0.153. The number of carbonyl (C=O) groups is 2. The van der Waals surface area contributed by atoms with Crippen molar-refractivity contribution in [2.45, 2.75) is 70.1 Å². The normalized spacial score (nSPS) is 29.9. The molecule has 19 heavy (non-hydrogen) atoms. The van der Waals surface area contributed by atoms with Crippen LogP contribution in [-0.2, 0) is 14.3 Å². The zero-order valence-corrected chi connectivity index (χ0v) is 11.4. The maximum Gasteiger partial charge on any atom is 0.332 e. The first-order chi connectivity index (χ1) is 9.08. The molecule has 5 nitrogen and oxygen atoms in total. The standard InChI is InChI=1S/C14H23NO4/c1-9(10-5-3-2-4-6-10)15-13(16)11-7-8-12(19-11)14(17)18/h9-12H,2-8H2,1H3,(H,15,16)(H,17,18)/t9?,11-,12+/m0/s1. The Morgan fingerprint density at radius 2 is 1.74 bits per heavy atom. The molecule has 1 aliphatic carbocycles. The first-order valence-corrected chi connectivity index (χ1v) is 7.26. The van der Waals surface area contributed by atoms with Gasteiger partial charge < -0.3 is 15.2 Å². The predicted octanol–water partition coefficient (Wildman–Crippen LogP) is 1.70. The summed E-state index contributed by atoms with van der Waals surface area (Å²) in [5, 5.41) is 11.8. The maximum absolute atomic E-state index is 12.0. The van der Waals surface area contributed by atoms with Crippen LogP contribution < -0.4 is 5.32 Å². The van der Waals surface area contributed by atoms with Crippen molar-refractivity contribution in [3.05, 3.63) is 0 Å². The third kappa shape index (κ3) is 3.69. The van der Waals surface area contributed by atoms with Crippen LogP contribution in [0.3, 0.4) is 0 Å². The number of hydrogen-bond donors (Lipinski definition) is 2. The van der Waals surface area contributed by atoms with Gasteiger partial charge in [-0.3, -0.25) is 4.79 Å². The quantitative estimate of drug-likeness (QED) is 0.814. The molecular weight excluding hydrogens is 246 g/mol. The summed E-state index contributed by atoms with van der Waals surface area (Å²) in [4.78, 5) is 22.8. The molecule has 1 unspecified atom stereocenters. The van der Waals surface area contributed by atoms with Gasteiger partial charge in [-0.15, -0.1) is 0 Å². The number of amides is 1. The molecule has 2 N–H and O–H groups in total. The summed E-state index contributed by atoms with van der Waals surface area (Å²) in [5.74, 6) is -0.577. The molecule has 0 radical (unpaired) electrons. The van der Waals surface area contributed by atoms with E-state index in [0.717, 1.165) is 0 Å². The summed E-state index contributed by atoms with van der Waals surface area (Å²) in [5.41, 5.74) is 0. The highest BCUT2D eigenvalue weighted by Crippen LogP contribution is 2.27. The Balaban J connectivity index is 1.79. The highest BCUT2D eigenvalue weighted by molar-refractivity contribution is 5.82. The molecule has 1 heterocycles. The van der Waals surface area contributed by atoms with Crippen LogP contribution in [-0.4, -0.2) is 35.2 Å². The fourth-order valence-electron chi connectivity index (χ4n) is 3.08. The van der Waals surface area contributed by atoms with Crippen molar-refractivity contribution in [3.8, 4) is 0 Å². The highest BCUT2D eigenvalue weighted by Gasteiger charge is 2.35. The predicted molar refractivity (Wildman–Crippen MR) is 69.7 cm³/mol. The third-order valence-electron chi connectivity index (χ3n) is 4.31. The average molecular weight is 269 g/mol. The van der Waals surface area contributed by atoms with Crippen LogP contribution >= 0.6 is 0 Å². The summed E-state index contributed by atoms with van der Waals surface area (Å²) in [7, 11) is 0. The van der Waals surface area contributed by atoms with Crippen molar-refractivity contribution in [2.75, 3.05) is 0 Å². The second kappa shape index (κ2) is 6.37. The molecule has 108 valence electrons. The Morgan fingerprint density at radius 3 is 2.32 bits per heavy atom. The molecule has 0 spiro atoms. The Hall–Kier alpha value is -1.10. The van der Waals surface area contributed by atoms with Gasteiger partial charge in [0.1, 0.15) is 6.10 Å². The lowest BCUT2D eigenvalue weighted by molar-refractivity contribution is -0.152. The Labute approximate surface area is 113 Å². The molecule has 1 amide bonds. The largest absolute Gasteiger partial charge is 0.479 e. The van der Waals surface area contributed by atoms with E-state index in [9.17, 15) is 9.59 Å². The number of ether oxygens (including phenoxy) is 1. The minimum absolute atomic E-state index is 0.151. The van der Waals surface area contributed by atoms with E-state index in [1.807, 2.05) is 6.92 Å². The fraction of sp³-hybridized carbons (Fsp3) is 0.857. The average Bonchev–Trinajstić information content (AvgIpc) is 2.89. The lowest BCUT2D eigenvalue weighted by Gasteiger charge is -2.29. The van der Waals surface area contributed by atoms with Gasteiger partial charge in [-0.05, 0) is 38.5 Å². The number of aliphatic carboxylic acids is 1. The van der Waals surface area contributed by atoms with E-state index in [4.69, 9.17) is 9.84 Å². The second-order valence-electron chi connectivity index (χ2n) is 5.72. The zero-order valence-electron chi connectivity index (χ0n) is 11.4. The lowest BCUT2D eigenvalue weighted by Crippen LogP contribution is -2.44. The van der Waals surface area contributed by atoms with E-state index in [1.165, 1.54) is 32.1 Å². The van der Waals surface area contributed by atoms with Gasteiger partial charge in [0.05, 0.1) is 0 Å². The van der Waals surface area contributed by atoms with Crippen LogP contribution in [0.5, 0.6) is 0 Å². The molecule has 2 fully saturated rings. The Morgan fingerprint density at radius 1 is 1.11 bits per heavy atom. The van der Waals surface area contributed by atoms with E-state index in [0.29, 0.717) is 18.8 Å². The van der Waals surface area contributed by atoms with Gasteiger partial charge in [-0.2, -0.15) is 0 Å². The molecule has 0 aromatic carbocycles. The number of hydrogen-bond acceptors (Lipinski definition) is 3. The van der Waals surface area contributed by atoms with E-state index >= 15 is 0 Å². The zero-order chi connectivity index (χ0) is 13.8. The molecule has 0 bridgehead atoms. The van der Waals surface area contributed by atoms with Gasteiger partial charge in [0, 0.05) is 6.04 Å². The molecule has 2 rings (SSSR count). The van der Waals surface area contributed by atoms with Gasteiger partial charge in [0.25, 0.3) is 0 Å². The van der Waals surface area contributed by atoms with Gasteiger partial charge in [-0.1, -0.05) is 19.3 Å². The second-order valence-corrected chi connectivity index (χ2v) is 5.72. The number of carboxylic acid groups (broad SMARTS) is 1. The third-order valence-corrected chi connectivity index (χ3v) is 4.31. The molecular formula is C14H23NO4. The van der Waals surface area contributed by atoms with Crippen LogP contribution in [0.1, 0.15) is 51.9 Å². The van der Waals surface area contributed by atoms with Crippen molar-refractivity contribution < 1.29 is 19.4 Å². The van der Waals surface area contributed by atoms with E-state index < -0.39 is 18.2 Å². The lowest BCUT2D eigenvalue weighted by atomic mass is 9.84. The molecule has 0 aromatic heterocycles. The van der Waals surface area contributed by atoms with Gasteiger partial charge in [0.15, 0.2) is 6.10 Å². The topological polar surface area (TPSA) is 75.6 Å². The Kier molecular flexibility index (Phi) is 4.80. The Bertz CT molecular complexity index is 338. The fourth-order valence-corrected chi connectivity index (χ4v) is 3.08. The molecule has 3 atom stereocenters. The van der Waals surface area contributed by atoms with Crippen molar-refractivity contribution >= 4 is 11.9 Å². The highest BCUT2D eigenvalue weighted by atomic mass is 16.5. The molecule has 0 aromatic rings. The van der Waals surface area contributed by atoms with E-state index in [-0.39, 0.29) is 11.9 Å². The smallest absolute Gasteiger partial charge is 0.332 e.